The average molecular weight is 388 g/mol. The van der Waals surface area contributed by atoms with Crippen LogP contribution in [0, 0.1) is 16.0 Å². The number of nitro groups is 1. The second-order valence-electron chi connectivity index (χ2n) is 8.18. The molecule has 1 aromatic heterocycles. The van der Waals surface area contributed by atoms with Gasteiger partial charge in [-0.1, -0.05) is 19.3 Å². The zero-order valence-electron chi connectivity index (χ0n) is 16.1. The van der Waals surface area contributed by atoms with Crippen LogP contribution in [0.25, 0.3) is 0 Å². The Morgan fingerprint density at radius 2 is 1.71 bits per heavy atom. The van der Waals surface area contributed by atoms with Crippen LogP contribution in [0.2, 0.25) is 0 Å². The molecule has 2 N–H and O–H groups in total. The van der Waals surface area contributed by atoms with E-state index in [9.17, 15) is 14.9 Å². The Labute approximate surface area is 164 Å². The van der Waals surface area contributed by atoms with E-state index in [1.54, 1.807) is 0 Å². The molecule has 9 nitrogen and oxygen atoms in total. The zero-order chi connectivity index (χ0) is 19.5. The molecule has 28 heavy (non-hydrogen) atoms. The fourth-order valence-corrected chi connectivity index (χ4v) is 4.14. The Balaban J connectivity index is 1.33. The molecule has 0 atom stereocenters. The number of piperidine rings is 1. The first-order valence-corrected chi connectivity index (χ1v) is 10.4. The molecule has 1 saturated heterocycles. The Morgan fingerprint density at radius 1 is 1.04 bits per heavy atom. The number of anilines is 2. The summed E-state index contributed by atoms with van der Waals surface area (Å²) in [6, 6.07) is 0.445. The number of hydrogen-bond donors (Lipinski definition) is 2. The van der Waals surface area contributed by atoms with E-state index in [0.717, 1.165) is 51.6 Å². The number of amides is 1. The Bertz CT molecular complexity index is 724. The fraction of sp³-hybridized carbons (Fsp3) is 0.737. The number of nitrogens with one attached hydrogen (secondary N) is 2. The summed E-state index contributed by atoms with van der Waals surface area (Å²) in [6.07, 6.45) is 10.6. The topological polar surface area (TPSA) is 113 Å². The van der Waals surface area contributed by atoms with Crippen LogP contribution >= 0.6 is 0 Å². The van der Waals surface area contributed by atoms with Gasteiger partial charge in [0.05, 0.1) is 4.92 Å². The van der Waals surface area contributed by atoms with Crippen molar-refractivity contribution in [1.29, 1.82) is 0 Å². The summed E-state index contributed by atoms with van der Waals surface area (Å²) in [5.41, 5.74) is -0.0923. The predicted molar refractivity (Wildman–Crippen MR) is 105 cm³/mol. The van der Waals surface area contributed by atoms with Gasteiger partial charge in [-0.25, -0.2) is 4.98 Å². The van der Waals surface area contributed by atoms with Gasteiger partial charge in [-0.05, 0) is 38.5 Å². The molecule has 2 heterocycles. The summed E-state index contributed by atoms with van der Waals surface area (Å²) in [7, 11) is 0. The van der Waals surface area contributed by atoms with Crippen molar-refractivity contribution in [3.63, 3.8) is 0 Å². The second kappa shape index (κ2) is 8.28. The minimum Gasteiger partial charge on any atom is -0.361 e. The molecular weight excluding hydrogens is 360 g/mol. The van der Waals surface area contributed by atoms with Crippen molar-refractivity contribution < 1.29 is 9.72 Å². The van der Waals surface area contributed by atoms with E-state index in [4.69, 9.17) is 0 Å². The lowest BCUT2D eigenvalue weighted by atomic mass is 9.87. The molecule has 1 aromatic rings. The Kier molecular flexibility index (Phi) is 5.59. The second-order valence-corrected chi connectivity index (χ2v) is 8.18. The van der Waals surface area contributed by atoms with Gasteiger partial charge in [0.1, 0.15) is 6.20 Å². The minimum atomic E-state index is -0.455. The van der Waals surface area contributed by atoms with E-state index < -0.39 is 4.92 Å². The number of carbonyl (C=O) groups is 1. The molecule has 4 rings (SSSR count). The molecule has 0 aromatic carbocycles. The first kappa shape index (κ1) is 18.9. The van der Waals surface area contributed by atoms with Gasteiger partial charge < -0.3 is 15.5 Å². The Hall–Kier alpha value is -2.45. The van der Waals surface area contributed by atoms with E-state index in [0.29, 0.717) is 11.9 Å². The summed E-state index contributed by atoms with van der Waals surface area (Å²) in [5, 5.41) is 17.6. The van der Waals surface area contributed by atoms with Gasteiger partial charge in [0.15, 0.2) is 0 Å². The quantitative estimate of drug-likeness (QED) is 0.569. The number of nitrogens with zero attached hydrogens (tertiary/aromatic N) is 4. The number of rotatable bonds is 6. The van der Waals surface area contributed by atoms with Crippen LogP contribution in [0.1, 0.15) is 57.8 Å². The van der Waals surface area contributed by atoms with E-state index in [1.807, 2.05) is 4.90 Å². The maximum atomic E-state index is 12.7. The molecule has 2 aliphatic carbocycles. The lowest BCUT2D eigenvalue weighted by Gasteiger charge is -2.35. The number of hydrogen-bond acceptors (Lipinski definition) is 7. The van der Waals surface area contributed by atoms with Crippen molar-refractivity contribution >= 4 is 23.4 Å². The lowest BCUT2D eigenvalue weighted by Crippen LogP contribution is -2.45. The average Bonchev–Trinajstić information content (AvgIpc) is 3.53. The molecule has 0 bridgehead atoms. The summed E-state index contributed by atoms with van der Waals surface area (Å²) in [5.74, 6) is 1.23. The van der Waals surface area contributed by atoms with Gasteiger partial charge >= 0.3 is 5.69 Å². The molecule has 3 aliphatic rings. The normalized spacial score (nSPS) is 21.4. The van der Waals surface area contributed by atoms with Crippen LogP contribution in [0.5, 0.6) is 0 Å². The van der Waals surface area contributed by atoms with Crippen molar-refractivity contribution in [2.75, 3.05) is 23.7 Å². The summed E-state index contributed by atoms with van der Waals surface area (Å²) >= 11 is 0. The monoisotopic (exact) mass is 388 g/mol. The summed E-state index contributed by atoms with van der Waals surface area (Å²) in [4.78, 5) is 33.9. The van der Waals surface area contributed by atoms with Crippen LogP contribution in [-0.4, -0.2) is 50.9 Å². The van der Waals surface area contributed by atoms with Crippen LogP contribution in [0.15, 0.2) is 6.20 Å². The van der Waals surface area contributed by atoms with Gasteiger partial charge in [-0.15, -0.1) is 0 Å². The van der Waals surface area contributed by atoms with Crippen LogP contribution < -0.4 is 10.6 Å². The van der Waals surface area contributed by atoms with Gasteiger partial charge in [-0.3, -0.25) is 14.9 Å². The SMILES string of the molecule is O=C(C1CCCCC1)N1CCC(Nc2ncc([N+](=O)[O-])c(NC3CC3)n2)CC1. The number of carbonyl (C=O) groups excluding carboxylic acids is 1. The molecule has 2 saturated carbocycles. The number of aromatic nitrogens is 2. The maximum absolute atomic E-state index is 12.7. The third-order valence-corrected chi connectivity index (χ3v) is 5.98. The van der Waals surface area contributed by atoms with Crippen LogP contribution in [0.3, 0.4) is 0 Å². The van der Waals surface area contributed by atoms with Gasteiger partial charge in [0.2, 0.25) is 17.7 Å². The summed E-state index contributed by atoms with van der Waals surface area (Å²) in [6.45, 7) is 1.49. The Morgan fingerprint density at radius 3 is 2.36 bits per heavy atom. The van der Waals surface area contributed by atoms with Crippen molar-refractivity contribution in [3.05, 3.63) is 16.3 Å². The molecule has 0 radical (unpaired) electrons. The lowest BCUT2D eigenvalue weighted by molar-refractivity contribution is -0.384. The van der Waals surface area contributed by atoms with Crippen molar-refractivity contribution in [1.82, 2.24) is 14.9 Å². The highest BCUT2D eigenvalue weighted by atomic mass is 16.6. The molecular formula is C19H28N6O3. The smallest absolute Gasteiger partial charge is 0.329 e. The van der Waals surface area contributed by atoms with Gasteiger partial charge in [-0.2, -0.15) is 4.98 Å². The molecule has 152 valence electrons. The minimum absolute atomic E-state index is 0.0923. The molecule has 9 heteroatoms. The molecule has 1 amide bonds. The van der Waals surface area contributed by atoms with Crippen LogP contribution in [0.4, 0.5) is 17.5 Å². The van der Waals surface area contributed by atoms with E-state index in [1.165, 1.54) is 25.5 Å². The standard InChI is InChI=1S/C19H28N6O3/c26-18(13-4-2-1-3-5-13)24-10-8-15(9-11-24)22-19-20-12-16(25(27)28)17(23-19)21-14-6-7-14/h12-15H,1-11H2,(H2,20,21,22,23). The predicted octanol–water partition coefficient (Wildman–Crippen LogP) is 2.94. The molecule has 3 fully saturated rings. The third-order valence-electron chi connectivity index (χ3n) is 5.98. The van der Waals surface area contributed by atoms with Crippen molar-refractivity contribution in [2.45, 2.75) is 69.9 Å². The fourth-order valence-electron chi connectivity index (χ4n) is 4.14. The molecule has 0 spiro atoms. The van der Waals surface area contributed by atoms with Gasteiger partial charge in [0.25, 0.3) is 0 Å². The summed E-state index contributed by atoms with van der Waals surface area (Å²) < 4.78 is 0. The first-order valence-electron chi connectivity index (χ1n) is 10.4. The van der Waals surface area contributed by atoms with Crippen molar-refractivity contribution in [3.8, 4) is 0 Å². The maximum Gasteiger partial charge on any atom is 0.329 e. The van der Waals surface area contributed by atoms with E-state index >= 15 is 0 Å². The van der Waals surface area contributed by atoms with Crippen molar-refractivity contribution in [2.24, 2.45) is 5.92 Å². The van der Waals surface area contributed by atoms with Gasteiger partial charge in [0, 0.05) is 31.1 Å². The molecule has 1 aliphatic heterocycles. The zero-order valence-corrected chi connectivity index (χ0v) is 16.1. The highest BCUT2D eigenvalue weighted by Gasteiger charge is 2.30. The first-order chi connectivity index (χ1) is 13.6. The molecule has 0 unspecified atom stereocenters. The third kappa shape index (κ3) is 4.51. The van der Waals surface area contributed by atoms with E-state index in [-0.39, 0.29) is 29.5 Å². The van der Waals surface area contributed by atoms with E-state index in [2.05, 4.69) is 20.6 Å². The number of likely N-dealkylation sites (tertiary alicyclic amines) is 1. The highest BCUT2D eigenvalue weighted by molar-refractivity contribution is 5.79. The van der Waals surface area contributed by atoms with Crippen LogP contribution in [-0.2, 0) is 4.79 Å². The highest BCUT2D eigenvalue weighted by Crippen LogP contribution is 2.30. The largest absolute Gasteiger partial charge is 0.361 e.